The van der Waals surface area contributed by atoms with Crippen molar-refractivity contribution >= 4 is 28.5 Å². The summed E-state index contributed by atoms with van der Waals surface area (Å²) in [7, 11) is 1.51. The molecule has 1 saturated heterocycles. The summed E-state index contributed by atoms with van der Waals surface area (Å²) >= 11 is 1.24. The van der Waals surface area contributed by atoms with E-state index in [1.807, 2.05) is 6.92 Å². The highest BCUT2D eigenvalue weighted by Crippen LogP contribution is 2.18. The highest BCUT2D eigenvalue weighted by Gasteiger charge is 2.32. The van der Waals surface area contributed by atoms with E-state index in [1.165, 1.54) is 23.5 Å². The lowest BCUT2D eigenvalue weighted by Gasteiger charge is -2.27. The number of nitrogens with zero attached hydrogens (tertiary/aromatic N) is 3. The molecule has 0 spiro atoms. The monoisotopic (exact) mass is 254 g/mol. The number of anilines is 1. The Hall–Kier alpha value is -1.50. The molecule has 7 heteroatoms. The first-order valence-corrected chi connectivity index (χ1v) is 6.28. The molecule has 0 aliphatic carbocycles. The van der Waals surface area contributed by atoms with E-state index in [0.29, 0.717) is 18.0 Å². The second-order valence-electron chi connectivity index (χ2n) is 3.90. The van der Waals surface area contributed by atoms with Crippen LogP contribution in [0.15, 0.2) is 0 Å². The van der Waals surface area contributed by atoms with Gasteiger partial charge in [-0.2, -0.15) is 4.37 Å². The summed E-state index contributed by atoms with van der Waals surface area (Å²) in [6.07, 6.45) is 1.68. The van der Waals surface area contributed by atoms with E-state index >= 15 is 0 Å². The zero-order chi connectivity index (χ0) is 12.4. The number of likely N-dealkylation sites (N-methyl/N-ethyl adjacent to an activating group) is 1. The van der Waals surface area contributed by atoms with E-state index in [2.05, 4.69) is 14.7 Å². The fourth-order valence-corrected chi connectivity index (χ4v) is 2.36. The van der Waals surface area contributed by atoms with Gasteiger partial charge in [-0.25, -0.2) is 4.98 Å². The fraction of sp³-hybridized carbons (Fsp3) is 0.600. The van der Waals surface area contributed by atoms with Gasteiger partial charge in [-0.3, -0.25) is 14.5 Å². The first-order valence-electron chi connectivity index (χ1n) is 5.51. The molecule has 1 aromatic heterocycles. The predicted molar refractivity (Wildman–Crippen MR) is 63.7 cm³/mol. The van der Waals surface area contributed by atoms with Gasteiger partial charge in [0.2, 0.25) is 11.0 Å². The lowest BCUT2D eigenvalue weighted by molar-refractivity contribution is -0.146. The highest BCUT2D eigenvalue weighted by atomic mass is 32.1. The van der Waals surface area contributed by atoms with Crippen LogP contribution in [-0.2, 0) is 16.0 Å². The Balaban J connectivity index is 2.04. The van der Waals surface area contributed by atoms with E-state index in [-0.39, 0.29) is 17.9 Å². The Morgan fingerprint density at radius 1 is 1.53 bits per heavy atom. The molecule has 1 atom stereocenters. The van der Waals surface area contributed by atoms with Crippen molar-refractivity contribution in [3.05, 3.63) is 5.82 Å². The van der Waals surface area contributed by atoms with Gasteiger partial charge >= 0.3 is 0 Å². The molecular formula is C10H14N4O2S. The summed E-state index contributed by atoms with van der Waals surface area (Å²) in [5.74, 6) is 0.444. The molecule has 2 rings (SSSR count). The quantitative estimate of drug-likeness (QED) is 0.802. The third kappa shape index (κ3) is 2.44. The minimum Gasteiger partial charge on any atom is -0.348 e. The number of nitrogens with one attached hydrogen (secondary N) is 1. The summed E-state index contributed by atoms with van der Waals surface area (Å²) in [6, 6.07) is -0.365. The van der Waals surface area contributed by atoms with Crippen molar-refractivity contribution < 1.29 is 9.59 Å². The third-order valence-corrected chi connectivity index (χ3v) is 3.42. The molecule has 1 aliphatic heterocycles. The molecule has 2 heterocycles. The molecule has 0 saturated carbocycles. The molecule has 2 amide bonds. The Bertz CT molecular complexity index is 445. The van der Waals surface area contributed by atoms with Crippen molar-refractivity contribution in [1.29, 1.82) is 0 Å². The number of rotatable bonds is 3. The third-order valence-electron chi connectivity index (χ3n) is 2.73. The number of carbonyl (C=O) groups excluding carboxylic acids is 2. The number of hydrogen-bond donors (Lipinski definition) is 1. The van der Waals surface area contributed by atoms with Crippen molar-refractivity contribution in [1.82, 2.24) is 14.3 Å². The van der Waals surface area contributed by atoms with Crippen LogP contribution in [0.1, 0.15) is 25.6 Å². The van der Waals surface area contributed by atoms with Crippen LogP contribution in [-0.4, -0.2) is 39.2 Å². The predicted octanol–water partition coefficient (Wildman–Crippen LogP) is 0.660. The van der Waals surface area contributed by atoms with Crippen molar-refractivity contribution in [2.24, 2.45) is 0 Å². The topological polar surface area (TPSA) is 75.2 Å². The number of carbonyl (C=O) groups is 2. The average molecular weight is 254 g/mol. The summed E-state index contributed by atoms with van der Waals surface area (Å²) in [4.78, 5) is 28.5. The molecule has 0 bridgehead atoms. The Kier molecular flexibility index (Phi) is 3.37. The van der Waals surface area contributed by atoms with Crippen LogP contribution < -0.4 is 5.32 Å². The van der Waals surface area contributed by atoms with E-state index in [0.717, 1.165) is 12.2 Å². The second-order valence-corrected chi connectivity index (χ2v) is 4.65. The SMILES string of the molecule is CCc1nsc(N[C@@H]2CCC(=O)N(C)C2=O)n1. The molecular weight excluding hydrogens is 240 g/mol. The number of likely N-dealkylation sites (tertiary alicyclic amines) is 1. The summed E-state index contributed by atoms with van der Waals surface area (Å²) in [5.41, 5.74) is 0. The second kappa shape index (κ2) is 4.79. The van der Waals surface area contributed by atoms with Crippen molar-refractivity contribution in [3.63, 3.8) is 0 Å². The Morgan fingerprint density at radius 3 is 2.94 bits per heavy atom. The molecule has 0 radical (unpaired) electrons. The van der Waals surface area contributed by atoms with Gasteiger partial charge < -0.3 is 5.32 Å². The smallest absolute Gasteiger partial charge is 0.251 e. The molecule has 1 fully saturated rings. The normalized spacial score (nSPS) is 20.8. The van der Waals surface area contributed by atoms with E-state index in [1.54, 1.807) is 0 Å². The van der Waals surface area contributed by atoms with Gasteiger partial charge in [0.25, 0.3) is 5.91 Å². The largest absolute Gasteiger partial charge is 0.348 e. The molecule has 1 N–H and O–H groups in total. The minimum atomic E-state index is -0.365. The number of aromatic nitrogens is 2. The van der Waals surface area contributed by atoms with Gasteiger partial charge in [0.05, 0.1) is 0 Å². The first-order chi connectivity index (χ1) is 8.11. The number of hydrogen-bond acceptors (Lipinski definition) is 6. The van der Waals surface area contributed by atoms with Crippen LogP contribution >= 0.6 is 11.5 Å². The molecule has 6 nitrogen and oxygen atoms in total. The summed E-state index contributed by atoms with van der Waals surface area (Å²) in [5, 5.41) is 3.68. The molecule has 17 heavy (non-hydrogen) atoms. The first kappa shape index (κ1) is 12.0. The van der Waals surface area contributed by atoms with Gasteiger partial charge in [-0.15, -0.1) is 0 Å². The van der Waals surface area contributed by atoms with Crippen LogP contribution in [0.4, 0.5) is 5.13 Å². The lowest BCUT2D eigenvalue weighted by Crippen LogP contribution is -2.48. The Labute approximate surface area is 103 Å². The van der Waals surface area contributed by atoms with E-state index < -0.39 is 0 Å². The van der Waals surface area contributed by atoms with E-state index in [4.69, 9.17) is 0 Å². The maximum absolute atomic E-state index is 11.8. The summed E-state index contributed by atoms with van der Waals surface area (Å²) < 4.78 is 4.14. The van der Waals surface area contributed by atoms with Crippen LogP contribution in [0.25, 0.3) is 0 Å². The van der Waals surface area contributed by atoms with Gasteiger partial charge in [0.15, 0.2) is 0 Å². The minimum absolute atomic E-state index is 0.125. The van der Waals surface area contributed by atoms with Crippen LogP contribution in [0, 0.1) is 0 Å². The van der Waals surface area contributed by atoms with Gasteiger partial charge in [0.1, 0.15) is 11.9 Å². The standard InChI is InChI=1S/C10H14N4O2S/c1-3-7-12-10(17-13-7)11-6-4-5-8(15)14(2)9(6)16/h6H,3-5H2,1-2H3,(H,11,12,13)/t6-/m1/s1. The van der Waals surface area contributed by atoms with Gasteiger partial charge in [-0.1, -0.05) is 6.92 Å². The molecule has 0 unspecified atom stereocenters. The van der Waals surface area contributed by atoms with Crippen molar-refractivity contribution in [3.8, 4) is 0 Å². The zero-order valence-electron chi connectivity index (χ0n) is 9.77. The number of amides is 2. The molecule has 92 valence electrons. The van der Waals surface area contributed by atoms with Gasteiger partial charge in [-0.05, 0) is 6.42 Å². The van der Waals surface area contributed by atoms with Crippen molar-refractivity contribution in [2.45, 2.75) is 32.2 Å². The highest BCUT2D eigenvalue weighted by molar-refractivity contribution is 7.09. The van der Waals surface area contributed by atoms with Crippen molar-refractivity contribution in [2.75, 3.05) is 12.4 Å². The number of aryl methyl sites for hydroxylation is 1. The molecule has 0 aromatic carbocycles. The maximum Gasteiger partial charge on any atom is 0.251 e. The van der Waals surface area contributed by atoms with Crippen LogP contribution in [0.5, 0.6) is 0 Å². The number of imide groups is 1. The van der Waals surface area contributed by atoms with E-state index in [9.17, 15) is 9.59 Å². The summed E-state index contributed by atoms with van der Waals surface area (Å²) in [6.45, 7) is 1.98. The zero-order valence-corrected chi connectivity index (χ0v) is 10.6. The fourth-order valence-electron chi connectivity index (χ4n) is 1.65. The van der Waals surface area contributed by atoms with Gasteiger partial charge in [0, 0.05) is 31.4 Å². The molecule has 1 aromatic rings. The van der Waals surface area contributed by atoms with Crippen LogP contribution in [0.2, 0.25) is 0 Å². The Morgan fingerprint density at radius 2 is 2.29 bits per heavy atom. The average Bonchev–Trinajstić information content (AvgIpc) is 2.78. The lowest BCUT2D eigenvalue weighted by atomic mass is 10.1. The number of piperidine rings is 1. The molecule has 1 aliphatic rings. The van der Waals surface area contributed by atoms with Crippen LogP contribution in [0.3, 0.4) is 0 Å². The maximum atomic E-state index is 11.8.